The van der Waals surface area contributed by atoms with E-state index >= 15 is 0 Å². The van der Waals surface area contributed by atoms with Crippen LogP contribution in [-0.4, -0.2) is 34.7 Å². The molecule has 0 aliphatic rings. The van der Waals surface area contributed by atoms with Crippen LogP contribution in [0.1, 0.15) is 17.4 Å². The normalized spacial score (nSPS) is 14.1. The van der Waals surface area contributed by atoms with Gasteiger partial charge in [-0.1, -0.05) is 24.3 Å². The number of carbonyl (C=O) groups is 1. The highest BCUT2D eigenvalue weighted by Gasteiger charge is 2.14. The molecule has 2 aromatic rings. The summed E-state index contributed by atoms with van der Waals surface area (Å²) < 4.78 is 0. The van der Waals surface area contributed by atoms with Crippen LogP contribution in [-0.2, 0) is 0 Å². The molecule has 0 bridgehead atoms. The number of rotatable bonds is 4. The molecular weight excluding hydrogens is 242 g/mol. The predicted octanol–water partition coefficient (Wildman–Crippen LogP) is 0.673. The average molecular weight is 259 g/mol. The molecular formula is C14H17N3O2. The van der Waals surface area contributed by atoms with Crippen LogP contribution in [0.4, 0.5) is 0 Å². The number of benzene rings is 1. The minimum atomic E-state index is -0.666. The van der Waals surface area contributed by atoms with E-state index in [4.69, 9.17) is 5.73 Å². The molecule has 0 saturated heterocycles. The van der Waals surface area contributed by atoms with Gasteiger partial charge >= 0.3 is 0 Å². The molecule has 1 aromatic carbocycles. The van der Waals surface area contributed by atoms with Gasteiger partial charge in [0.1, 0.15) is 5.69 Å². The first-order chi connectivity index (χ1) is 9.09. The lowest BCUT2D eigenvalue weighted by atomic mass is 10.1. The largest absolute Gasteiger partial charge is 0.392 e. The number of fused-ring (bicyclic) bond motifs is 1. The van der Waals surface area contributed by atoms with Gasteiger partial charge in [0.25, 0.3) is 5.91 Å². The van der Waals surface area contributed by atoms with Crippen LogP contribution >= 0.6 is 0 Å². The van der Waals surface area contributed by atoms with Crippen LogP contribution in [0.5, 0.6) is 0 Å². The molecule has 5 heteroatoms. The summed E-state index contributed by atoms with van der Waals surface area (Å²) in [4.78, 5) is 16.2. The number of nitrogens with zero attached hydrogens (tertiary/aromatic N) is 1. The van der Waals surface area contributed by atoms with E-state index in [1.165, 1.54) is 0 Å². The number of hydrogen-bond donors (Lipinski definition) is 3. The third kappa shape index (κ3) is 3.07. The standard InChI is InChI=1S/C14H17N3O2/c1-9(18)12(15)8-17-14(19)13-11-5-3-2-4-10(11)6-7-16-13/h2-7,9,12,18H,8,15H2,1H3,(H,17,19). The zero-order valence-electron chi connectivity index (χ0n) is 10.7. The van der Waals surface area contributed by atoms with E-state index in [0.29, 0.717) is 5.69 Å². The minimum Gasteiger partial charge on any atom is -0.392 e. The van der Waals surface area contributed by atoms with Gasteiger partial charge < -0.3 is 16.2 Å². The monoisotopic (exact) mass is 259 g/mol. The highest BCUT2D eigenvalue weighted by Crippen LogP contribution is 2.15. The second kappa shape index (κ2) is 5.77. The number of amides is 1. The van der Waals surface area contributed by atoms with Gasteiger partial charge in [0.2, 0.25) is 0 Å². The van der Waals surface area contributed by atoms with E-state index in [1.54, 1.807) is 13.1 Å². The second-order valence-electron chi connectivity index (χ2n) is 4.50. The maximum atomic E-state index is 12.1. The second-order valence-corrected chi connectivity index (χ2v) is 4.50. The lowest BCUT2D eigenvalue weighted by molar-refractivity contribution is 0.0934. The third-order valence-electron chi connectivity index (χ3n) is 3.01. The average Bonchev–Trinajstić information content (AvgIpc) is 2.43. The number of nitrogens with one attached hydrogen (secondary N) is 1. The fourth-order valence-electron chi connectivity index (χ4n) is 1.77. The van der Waals surface area contributed by atoms with Crippen molar-refractivity contribution in [1.29, 1.82) is 0 Å². The van der Waals surface area contributed by atoms with Crippen LogP contribution in [0.2, 0.25) is 0 Å². The molecule has 0 spiro atoms. The third-order valence-corrected chi connectivity index (χ3v) is 3.01. The van der Waals surface area contributed by atoms with Gasteiger partial charge in [0, 0.05) is 24.2 Å². The Morgan fingerprint density at radius 2 is 2.16 bits per heavy atom. The SMILES string of the molecule is CC(O)C(N)CNC(=O)c1nccc2ccccc12. The molecule has 2 atom stereocenters. The zero-order valence-corrected chi connectivity index (χ0v) is 10.7. The first-order valence-electron chi connectivity index (χ1n) is 6.15. The number of hydrogen-bond acceptors (Lipinski definition) is 4. The molecule has 0 aliphatic carbocycles. The Bertz CT molecular complexity index is 578. The molecule has 4 N–H and O–H groups in total. The Morgan fingerprint density at radius 1 is 1.42 bits per heavy atom. The van der Waals surface area contributed by atoms with Gasteiger partial charge in [-0.05, 0) is 18.4 Å². The van der Waals surface area contributed by atoms with Crippen LogP contribution in [0.25, 0.3) is 10.8 Å². The minimum absolute atomic E-state index is 0.210. The van der Waals surface area contributed by atoms with Gasteiger partial charge in [-0.3, -0.25) is 9.78 Å². The van der Waals surface area contributed by atoms with Crippen molar-refractivity contribution in [2.75, 3.05) is 6.54 Å². The summed E-state index contributed by atoms with van der Waals surface area (Å²) in [6.07, 6.45) is 0.937. The molecule has 100 valence electrons. The summed E-state index contributed by atoms with van der Waals surface area (Å²) in [6.45, 7) is 1.80. The molecule has 0 saturated carbocycles. The van der Waals surface area contributed by atoms with Gasteiger partial charge in [-0.15, -0.1) is 0 Å². The predicted molar refractivity (Wildman–Crippen MR) is 73.7 cm³/mol. The van der Waals surface area contributed by atoms with Crippen LogP contribution in [0.15, 0.2) is 36.5 Å². The summed E-state index contributed by atoms with van der Waals surface area (Å²) in [5.74, 6) is -0.284. The van der Waals surface area contributed by atoms with Crippen molar-refractivity contribution >= 4 is 16.7 Å². The Balaban J connectivity index is 2.18. The number of carbonyl (C=O) groups excluding carboxylic acids is 1. The highest BCUT2D eigenvalue weighted by molar-refractivity contribution is 6.05. The van der Waals surface area contributed by atoms with Crippen LogP contribution in [0.3, 0.4) is 0 Å². The number of aliphatic hydroxyl groups is 1. The van der Waals surface area contributed by atoms with E-state index in [2.05, 4.69) is 10.3 Å². The van der Waals surface area contributed by atoms with Gasteiger partial charge in [0.15, 0.2) is 0 Å². The van der Waals surface area contributed by atoms with Gasteiger partial charge in [-0.2, -0.15) is 0 Å². The first kappa shape index (κ1) is 13.5. The Labute approximate surface area is 111 Å². The molecule has 19 heavy (non-hydrogen) atoms. The molecule has 1 heterocycles. The molecule has 1 amide bonds. The number of nitrogens with two attached hydrogens (primary N) is 1. The van der Waals surface area contributed by atoms with Crippen LogP contribution < -0.4 is 11.1 Å². The molecule has 0 aliphatic heterocycles. The smallest absolute Gasteiger partial charge is 0.270 e. The maximum Gasteiger partial charge on any atom is 0.270 e. The van der Waals surface area contributed by atoms with Crippen LogP contribution in [0, 0.1) is 0 Å². The summed E-state index contributed by atoms with van der Waals surface area (Å²) in [7, 11) is 0. The molecule has 5 nitrogen and oxygen atoms in total. The number of pyridine rings is 1. The van der Waals surface area contributed by atoms with Crippen molar-refractivity contribution < 1.29 is 9.90 Å². The van der Waals surface area contributed by atoms with Crippen molar-refractivity contribution in [3.63, 3.8) is 0 Å². The Morgan fingerprint density at radius 3 is 2.89 bits per heavy atom. The lowest BCUT2D eigenvalue weighted by Crippen LogP contribution is -2.43. The van der Waals surface area contributed by atoms with Crippen molar-refractivity contribution in [1.82, 2.24) is 10.3 Å². The van der Waals surface area contributed by atoms with Crippen molar-refractivity contribution in [3.8, 4) is 0 Å². The van der Waals surface area contributed by atoms with E-state index in [1.807, 2.05) is 30.3 Å². The Hall–Kier alpha value is -1.98. The molecule has 1 aromatic heterocycles. The molecule has 0 fully saturated rings. The number of aromatic nitrogens is 1. The van der Waals surface area contributed by atoms with Crippen molar-refractivity contribution in [3.05, 3.63) is 42.2 Å². The van der Waals surface area contributed by atoms with E-state index in [-0.39, 0.29) is 12.5 Å². The molecule has 0 radical (unpaired) electrons. The summed E-state index contributed by atoms with van der Waals surface area (Å²) >= 11 is 0. The highest BCUT2D eigenvalue weighted by atomic mass is 16.3. The summed E-state index contributed by atoms with van der Waals surface area (Å²) in [5, 5.41) is 13.7. The molecule has 2 rings (SSSR count). The van der Waals surface area contributed by atoms with E-state index < -0.39 is 12.1 Å². The fourth-order valence-corrected chi connectivity index (χ4v) is 1.77. The van der Waals surface area contributed by atoms with Crippen molar-refractivity contribution in [2.24, 2.45) is 5.73 Å². The van der Waals surface area contributed by atoms with E-state index in [9.17, 15) is 9.90 Å². The quantitative estimate of drug-likeness (QED) is 0.753. The molecule has 2 unspecified atom stereocenters. The first-order valence-corrected chi connectivity index (χ1v) is 6.15. The zero-order chi connectivity index (χ0) is 13.8. The summed E-state index contributed by atoms with van der Waals surface area (Å²) in [5.41, 5.74) is 6.04. The van der Waals surface area contributed by atoms with Gasteiger partial charge in [0.05, 0.1) is 6.10 Å². The lowest BCUT2D eigenvalue weighted by Gasteiger charge is -2.15. The van der Waals surface area contributed by atoms with Crippen molar-refractivity contribution in [2.45, 2.75) is 19.1 Å². The summed E-state index contributed by atoms with van der Waals surface area (Å²) in [6, 6.07) is 8.92. The Kier molecular flexibility index (Phi) is 4.09. The van der Waals surface area contributed by atoms with Gasteiger partial charge in [-0.25, -0.2) is 0 Å². The van der Waals surface area contributed by atoms with E-state index in [0.717, 1.165) is 10.8 Å². The topological polar surface area (TPSA) is 88.2 Å². The maximum absolute atomic E-state index is 12.1. The number of aliphatic hydroxyl groups excluding tert-OH is 1. The fraction of sp³-hybridized carbons (Fsp3) is 0.286.